The fraction of sp³-hybridized carbons (Fsp3) is 0.235. The maximum Gasteiger partial charge on any atom is 0.243 e. The first-order valence-electron chi connectivity index (χ1n) is 7.61. The summed E-state index contributed by atoms with van der Waals surface area (Å²) >= 11 is 0. The van der Waals surface area contributed by atoms with Gasteiger partial charge in [-0.05, 0) is 42.9 Å². The zero-order valence-electron chi connectivity index (χ0n) is 13.9. The average Bonchev–Trinajstić information content (AvgIpc) is 2.85. The number of hydrogen-bond donors (Lipinski definition) is 3. The Hall–Kier alpha value is -2.67. The third kappa shape index (κ3) is 3.62. The van der Waals surface area contributed by atoms with Crippen molar-refractivity contribution in [2.45, 2.75) is 26.1 Å². The van der Waals surface area contributed by atoms with Gasteiger partial charge in [0, 0.05) is 11.3 Å². The largest absolute Gasteiger partial charge is 0.374 e. The first-order valence-corrected chi connectivity index (χ1v) is 10.6. The summed E-state index contributed by atoms with van der Waals surface area (Å²) in [5.41, 5.74) is 2.16. The Morgan fingerprint density at radius 3 is 2.38 bits per heavy atom. The van der Waals surface area contributed by atoms with Crippen LogP contribution in [0.4, 0.5) is 0 Å². The van der Waals surface area contributed by atoms with Crippen LogP contribution >= 0.6 is 0 Å². The van der Waals surface area contributed by atoms with Crippen molar-refractivity contribution in [1.82, 2.24) is 15.6 Å². The smallest absolute Gasteiger partial charge is 0.243 e. The van der Waals surface area contributed by atoms with Crippen LogP contribution in [0.3, 0.4) is 0 Å². The van der Waals surface area contributed by atoms with E-state index in [1.807, 2.05) is 44.3 Å². The van der Waals surface area contributed by atoms with Crippen molar-refractivity contribution >= 4 is 27.0 Å². The highest BCUT2D eigenvalue weighted by Gasteiger charge is 2.37. The Bertz CT molecular complexity index is 711. The lowest BCUT2D eigenvalue weighted by Crippen LogP contribution is -2.51. The zero-order valence-corrected chi connectivity index (χ0v) is 14.9. The number of hydrogen-bond acceptors (Lipinski definition) is 3. The molecular formula is C17H21N3O3Si. The monoisotopic (exact) mass is 343 g/mol. The van der Waals surface area contributed by atoms with Gasteiger partial charge in [0.05, 0.1) is 6.04 Å². The molecule has 0 aromatic heterocycles. The molecule has 24 heavy (non-hydrogen) atoms. The van der Waals surface area contributed by atoms with Gasteiger partial charge >= 0.3 is 0 Å². The van der Waals surface area contributed by atoms with Crippen LogP contribution < -0.4 is 15.6 Å². The molecule has 126 valence electrons. The standard InChI is InChI=1S/C17H21N3O3Si/c1-12-9-14(18-10-21)15(19-11-22)16(12)24(2,3)20-17(23)13-7-5-4-6-8-13/h4-11,14H,1-3H3,(H,18,21)(H,19,22)(H,20,23). The summed E-state index contributed by atoms with van der Waals surface area (Å²) in [4.78, 5) is 37.4. The van der Waals surface area contributed by atoms with E-state index in [4.69, 9.17) is 0 Å². The van der Waals surface area contributed by atoms with E-state index in [1.54, 1.807) is 12.1 Å². The van der Waals surface area contributed by atoms with Crippen molar-refractivity contribution in [3.63, 3.8) is 0 Å². The minimum atomic E-state index is -2.42. The number of benzene rings is 1. The lowest BCUT2D eigenvalue weighted by atomic mass is 10.2. The molecule has 1 unspecified atom stereocenters. The van der Waals surface area contributed by atoms with Crippen molar-refractivity contribution < 1.29 is 14.4 Å². The van der Waals surface area contributed by atoms with E-state index in [2.05, 4.69) is 15.6 Å². The van der Waals surface area contributed by atoms with Gasteiger partial charge in [0.15, 0.2) is 8.24 Å². The molecule has 0 radical (unpaired) electrons. The summed E-state index contributed by atoms with van der Waals surface area (Å²) < 4.78 is 0. The Kier molecular flexibility index (Phi) is 5.35. The quantitative estimate of drug-likeness (QED) is 0.514. The highest BCUT2D eigenvalue weighted by atomic mass is 28.3. The van der Waals surface area contributed by atoms with Crippen molar-refractivity contribution in [3.8, 4) is 0 Å². The summed E-state index contributed by atoms with van der Waals surface area (Å²) in [6, 6.07) is 8.61. The van der Waals surface area contributed by atoms with Gasteiger partial charge in [0.2, 0.25) is 18.7 Å². The molecule has 1 aliphatic rings. The van der Waals surface area contributed by atoms with Gasteiger partial charge in [-0.3, -0.25) is 14.4 Å². The summed E-state index contributed by atoms with van der Waals surface area (Å²) in [5.74, 6) is -0.148. The van der Waals surface area contributed by atoms with Crippen LogP contribution in [0.1, 0.15) is 17.3 Å². The Morgan fingerprint density at radius 2 is 1.79 bits per heavy atom. The predicted octanol–water partition coefficient (Wildman–Crippen LogP) is 1.24. The maximum absolute atomic E-state index is 12.5. The van der Waals surface area contributed by atoms with Gasteiger partial charge in [-0.15, -0.1) is 0 Å². The Balaban J connectivity index is 2.34. The van der Waals surface area contributed by atoms with Crippen molar-refractivity contribution in [2.24, 2.45) is 0 Å². The van der Waals surface area contributed by atoms with Gasteiger partial charge in [0.1, 0.15) is 0 Å². The van der Waals surface area contributed by atoms with Crippen LogP contribution in [0.2, 0.25) is 13.1 Å². The van der Waals surface area contributed by atoms with E-state index in [0.717, 1.165) is 10.8 Å². The van der Waals surface area contributed by atoms with Crippen LogP contribution in [0, 0.1) is 0 Å². The molecule has 1 aromatic rings. The summed E-state index contributed by atoms with van der Waals surface area (Å²) in [6.45, 7) is 5.91. The topological polar surface area (TPSA) is 87.3 Å². The predicted molar refractivity (Wildman–Crippen MR) is 94.4 cm³/mol. The minimum Gasteiger partial charge on any atom is -0.374 e. The highest BCUT2D eigenvalue weighted by Crippen LogP contribution is 2.31. The molecule has 0 aliphatic heterocycles. The molecule has 3 N–H and O–H groups in total. The summed E-state index contributed by atoms with van der Waals surface area (Å²) in [5, 5.41) is 6.27. The molecule has 0 saturated carbocycles. The molecular weight excluding hydrogens is 322 g/mol. The summed E-state index contributed by atoms with van der Waals surface area (Å²) in [7, 11) is -2.42. The number of rotatable bonds is 7. The molecule has 0 fully saturated rings. The number of carbonyl (C=O) groups excluding carboxylic acids is 3. The van der Waals surface area contributed by atoms with Crippen LogP contribution in [0.25, 0.3) is 0 Å². The molecule has 0 heterocycles. The third-order valence-electron chi connectivity index (χ3n) is 3.94. The van der Waals surface area contributed by atoms with Gasteiger partial charge < -0.3 is 15.6 Å². The number of amides is 3. The SMILES string of the molecule is CC1=CC(NC=O)C(NC=O)=C1[Si](C)(C)NC(=O)c1ccccc1. The van der Waals surface area contributed by atoms with Crippen LogP contribution in [-0.2, 0) is 9.59 Å². The van der Waals surface area contributed by atoms with E-state index in [9.17, 15) is 14.4 Å². The van der Waals surface area contributed by atoms with Crippen LogP contribution in [0.15, 0.2) is 52.9 Å². The molecule has 6 nitrogen and oxygen atoms in total. The molecule has 0 spiro atoms. The third-order valence-corrected chi connectivity index (χ3v) is 6.71. The van der Waals surface area contributed by atoms with Gasteiger partial charge in [-0.2, -0.15) is 0 Å². The second-order valence-electron chi connectivity index (χ2n) is 6.11. The Labute approximate surface area is 142 Å². The minimum absolute atomic E-state index is 0.148. The average molecular weight is 343 g/mol. The maximum atomic E-state index is 12.5. The Morgan fingerprint density at radius 1 is 1.12 bits per heavy atom. The second-order valence-corrected chi connectivity index (χ2v) is 10.1. The summed E-state index contributed by atoms with van der Waals surface area (Å²) in [6.07, 6.45) is 3.06. The molecule has 3 amide bonds. The lowest BCUT2D eigenvalue weighted by molar-refractivity contribution is -0.111. The van der Waals surface area contributed by atoms with Crippen molar-refractivity contribution in [2.75, 3.05) is 0 Å². The second kappa shape index (κ2) is 7.27. The van der Waals surface area contributed by atoms with E-state index in [-0.39, 0.29) is 11.9 Å². The molecule has 0 saturated heterocycles. The van der Waals surface area contributed by atoms with Gasteiger partial charge in [-0.25, -0.2) is 0 Å². The van der Waals surface area contributed by atoms with Crippen LogP contribution in [0.5, 0.6) is 0 Å². The number of nitrogens with one attached hydrogen (secondary N) is 3. The lowest BCUT2D eigenvalue weighted by Gasteiger charge is -2.28. The molecule has 1 aliphatic carbocycles. The van der Waals surface area contributed by atoms with E-state index in [0.29, 0.717) is 24.1 Å². The normalized spacial score (nSPS) is 17.1. The van der Waals surface area contributed by atoms with E-state index >= 15 is 0 Å². The van der Waals surface area contributed by atoms with E-state index < -0.39 is 8.24 Å². The van der Waals surface area contributed by atoms with Crippen molar-refractivity contribution in [1.29, 1.82) is 0 Å². The van der Waals surface area contributed by atoms with Crippen molar-refractivity contribution in [3.05, 3.63) is 58.4 Å². The number of carbonyl (C=O) groups is 3. The molecule has 2 rings (SSSR count). The molecule has 7 heteroatoms. The highest BCUT2D eigenvalue weighted by molar-refractivity contribution is 6.85. The molecule has 1 atom stereocenters. The first-order chi connectivity index (χ1) is 11.4. The first kappa shape index (κ1) is 17.7. The fourth-order valence-corrected chi connectivity index (χ4v) is 5.86. The van der Waals surface area contributed by atoms with Gasteiger partial charge in [-0.1, -0.05) is 24.3 Å². The molecule has 1 aromatic carbocycles. The van der Waals surface area contributed by atoms with Crippen LogP contribution in [-0.4, -0.2) is 33.0 Å². The number of allylic oxidation sites excluding steroid dienone is 2. The fourth-order valence-electron chi connectivity index (χ4n) is 3.05. The molecule has 0 bridgehead atoms. The zero-order chi connectivity index (χ0) is 17.7. The van der Waals surface area contributed by atoms with E-state index in [1.165, 1.54) is 0 Å². The van der Waals surface area contributed by atoms with Gasteiger partial charge in [0.25, 0.3) is 0 Å².